The van der Waals surface area contributed by atoms with Crippen LogP contribution in [0.2, 0.25) is 0 Å². The third kappa shape index (κ3) is 3.54. The fourth-order valence-electron chi connectivity index (χ4n) is 1.56. The summed E-state index contributed by atoms with van der Waals surface area (Å²) in [5.41, 5.74) is 2.19. The Morgan fingerprint density at radius 1 is 1.26 bits per heavy atom. The van der Waals surface area contributed by atoms with Crippen LogP contribution in [0.1, 0.15) is 12.5 Å². The molecule has 2 rings (SSSR count). The van der Waals surface area contributed by atoms with Gasteiger partial charge >= 0.3 is 0 Å². The summed E-state index contributed by atoms with van der Waals surface area (Å²) in [6, 6.07) is 12.8. The Bertz CT molecular complexity index is 629. The SMILES string of the molecule is CC(=O)Nc1ccc(Nc2cccc(C#N)c2)cn1. The number of anilines is 3. The van der Waals surface area contributed by atoms with Crippen molar-refractivity contribution in [3.05, 3.63) is 48.2 Å². The van der Waals surface area contributed by atoms with Crippen LogP contribution >= 0.6 is 0 Å². The molecule has 2 aromatic rings. The summed E-state index contributed by atoms with van der Waals surface area (Å²) in [4.78, 5) is 15.0. The van der Waals surface area contributed by atoms with Gasteiger partial charge in [0.25, 0.3) is 0 Å². The third-order valence-electron chi connectivity index (χ3n) is 2.35. The zero-order valence-corrected chi connectivity index (χ0v) is 10.3. The number of nitriles is 1. The first-order valence-corrected chi connectivity index (χ1v) is 5.68. The number of benzene rings is 1. The maximum absolute atomic E-state index is 10.9. The minimum absolute atomic E-state index is 0.157. The topological polar surface area (TPSA) is 77.8 Å². The molecule has 1 heterocycles. The van der Waals surface area contributed by atoms with E-state index in [9.17, 15) is 4.79 Å². The highest BCUT2D eigenvalue weighted by atomic mass is 16.1. The molecule has 94 valence electrons. The minimum Gasteiger partial charge on any atom is -0.354 e. The number of amides is 1. The molecule has 1 amide bonds. The molecule has 0 fully saturated rings. The molecule has 1 aromatic carbocycles. The van der Waals surface area contributed by atoms with Gasteiger partial charge in [-0.25, -0.2) is 4.98 Å². The highest BCUT2D eigenvalue weighted by Gasteiger charge is 1.99. The molecule has 5 nitrogen and oxygen atoms in total. The van der Waals surface area contributed by atoms with E-state index >= 15 is 0 Å². The van der Waals surface area contributed by atoms with Crippen LogP contribution in [0.4, 0.5) is 17.2 Å². The van der Waals surface area contributed by atoms with Gasteiger partial charge in [-0.2, -0.15) is 5.26 Å². The van der Waals surface area contributed by atoms with Crippen molar-refractivity contribution < 1.29 is 4.79 Å². The van der Waals surface area contributed by atoms with E-state index in [1.807, 2.05) is 6.07 Å². The molecule has 0 radical (unpaired) electrons. The number of aromatic nitrogens is 1. The van der Waals surface area contributed by atoms with Gasteiger partial charge in [-0.05, 0) is 30.3 Å². The molecule has 0 aliphatic heterocycles. The number of carbonyl (C=O) groups is 1. The molecule has 0 aliphatic carbocycles. The third-order valence-corrected chi connectivity index (χ3v) is 2.35. The van der Waals surface area contributed by atoms with E-state index in [1.54, 1.807) is 36.5 Å². The van der Waals surface area contributed by atoms with Crippen LogP contribution in [0.3, 0.4) is 0 Å². The van der Waals surface area contributed by atoms with Crippen LogP contribution in [0, 0.1) is 11.3 Å². The van der Waals surface area contributed by atoms with Gasteiger partial charge in [-0.1, -0.05) is 6.07 Å². The smallest absolute Gasteiger partial charge is 0.222 e. The summed E-state index contributed by atoms with van der Waals surface area (Å²) in [5.74, 6) is 0.346. The first-order valence-electron chi connectivity index (χ1n) is 5.68. The molecular weight excluding hydrogens is 240 g/mol. The Morgan fingerprint density at radius 3 is 2.74 bits per heavy atom. The first kappa shape index (κ1) is 12.6. The number of hydrogen-bond donors (Lipinski definition) is 2. The molecular formula is C14H12N4O. The van der Waals surface area contributed by atoms with Crippen LogP contribution in [0.5, 0.6) is 0 Å². The highest BCUT2D eigenvalue weighted by molar-refractivity contribution is 5.87. The molecule has 0 aliphatic rings. The molecule has 1 aromatic heterocycles. The zero-order valence-electron chi connectivity index (χ0n) is 10.3. The van der Waals surface area contributed by atoms with Crippen LogP contribution in [-0.2, 0) is 4.79 Å². The maximum Gasteiger partial charge on any atom is 0.222 e. The average molecular weight is 252 g/mol. The lowest BCUT2D eigenvalue weighted by atomic mass is 10.2. The molecule has 0 saturated heterocycles. The van der Waals surface area contributed by atoms with Crippen LogP contribution in [0.25, 0.3) is 0 Å². The fraction of sp³-hybridized carbons (Fsp3) is 0.0714. The van der Waals surface area contributed by atoms with Gasteiger partial charge in [-0.15, -0.1) is 0 Å². The van der Waals surface area contributed by atoms with Gasteiger partial charge in [0.2, 0.25) is 5.91 Å². The van der Waals surface area contributed by atoms with Gasteiger partial charge in [0.05, 0.1) is 23.5 Å². The van der Waals surface area contributed by atoms with Crippen molar-refractivity contribution in [3.8, 4) is 6.07 Å². The largest absolute Gasteiger partial charge is 0.354 e. The lowest BCUT2D eigenvalue weighted by Gasteiger charge is -2.07. The van der Waals surface area contributed by atoms with Gasteiger partial charge < -0.3 is 10.6 Å². The molecule has 0 atom stereocenters. The minimum atomic E-state index is -0.157. The number of carbonyl (C=O) groups excluding carboxylic acids is 1. The molecule has 5 heteroatoms. The lowest BCUT2D eigenvalue weighted by Crippen LogP contribution is -2.07. The van der Waals surface area contributed by atoms with E-state index in [2.05, 4.69) is 21.7 Å². The second kappa shape index (κ2) is 5.65. The Kier molecular flexibility index (Phi) is 3.74. The van der Waals surface area contributed by atoms with Gasteiger partial charge in [0.15, 0.2) is 0 Å². The van der Waals surface area contributed by atoms with Crippen molar-refractivity contribution in [1.29, 1.82) is 5.26 Å². The average Bonchev–Trinajstić information content (AvgIpc) is 2.41. The van der Waals surface area contributed by atoms with Crippen molar-refractivity contribution in [2.45, 2.75) is 6.92 Å². The summed E-state index contributed by atoms with van der Waals surface area (Å²) in [6.45, 7) is 1.43. The predicted molar refractivity (Wildman–Crippen MR) is 73.0 cm³/mol. The van der Waals surface area contributed by atoms with E-state index in [0.717, 1.165) is 11.4 Å². The summed E-state index contributed by atoms with van der Waals surface area (Å²) >= 11 is 0. The molecule has 0 spiro atoms. The Morgan fingerprint density at radius 2 is 2.11 bits per heavy atom. The van der Waals surface area contributed by atoms with Crippen molar-refractivity contribution >= 4 is 23.1 Å². The van der Waals surface area contributed by atoms with Crippen LogP contribution in [0.15, 0.2) is 42.6 Å². The second-order valence-electron chi connectivity index (χ2n) is 3.93. The number of nitrogens with zero attached hydrogens (tertiary/aromatic N) is 2. The van der Waals surface area contributed by atoms with E-state index in [0.29, 0.717) is 11.4 Å². The number of nitrogens with one attached hydrogen (secondary N) is 2. The Labute approximate surface area is 110 Å². The fourth-order valence-corrected chi connectivity index (χ4v) is 1.56. The van der Waals surface area contributed by atoms with Gasteiger partial charge in [-0.3, -0.25) is 4.79 Å². The number of hydrogen-bond acceptors (Lipinski definition) is 4. The molecule has 0 saturated carbocycles. The molecule has 0 unspecified atom stereocenters. The van der Waals surface area contributed by atoms with Crippen molar-refractivity contribution in [2.24, 2.45) is 0 Å². The van der Waals surface area contributed by atoms with Crippen LogP contribution < -0.4 is 10.6 Å². The monoisotopic (exact) mass is 252 g/mol. The predicted octanol–water partition coefficient (Wildman–Crippen LogP) is 2.66. The second-order valence-corrected chi connectivity index (χ2v) is 3.93. The Hall–Kier alpha value is -2.87. The summed E-state index contributed by atoms with van der Waals surface area (Å²) in [6.07, 6.45) is 1.62. The molecule has 2 N–H and O–H groups in total. The van der Waals surface area contributed by atoms with Gasteiger partial charge in [0.1, 0.15) is 5.82 Å². The highest BCUT2D eigenvalue weighted by Crippen LogP contribution is 2.17. The maximum atomic E-state index is 10.9. The van der Waals surface area contributed by atoms with E-state index in [-0.39, 0.29) is 5.91 Å². The first-order chi connectivity index (χ1) is 9.17. The summed E-state index contributed by atoms with van der Waals surface area (Å²) in [7, 11) is 0. The van der Waals surface area contributed by atoms with E-state index in [4.69, 9.17) is 5.26 Å². The molecule has 19 heavy (non-hydrogen) atoms. The lowest BCUT2D eigenvalue weighted by molar-refractivity contribution is -0.114. The normalized spacial score (nSPS) is 9.47. The zero-order chi connectivity index (χ0) is 13.7. The number of pyridine rings is 1. The van der Waals surface area contributed by atoms with Crippen molar-refractivity contribution in [3.63, 3.8) is 0 Å². The summed E-state index contributed by atoms with van der Waals surface area (Å²) < 4.78 is 0. The standard InChI is InChI=1S/C14H12N4O/c1-10(19)17-14-6-5-13(9-16-14)18-12-4-2-3-11(7-12)8-15/h2-7,9,18H,1H3,(H,16,17,19). The van der Waals surface area contributed by atoms with Crippen molar-refractivity contribution in [1.82, 2.24) is 4.98 Å². The van der Waals surface area contributed by atoms with Crippen LogP contribution in [-0.4, -0.2) is 10.9 Å². The summed E-state index contributed by atoms with van der Waals surface area (Å²) in [5, 5.41) is 14.5. The van der Waals surface area contributed by atoms with Gasteiger partial charge in [0, 0.05) is 12.6 Å². The molecule has 0 bridgehead atoms. The number of rotatable bonds is 3. The van der Waals surface area contributed by atoms with Crippen molar-refractivity contribution in [2.75, 3.05) is 10.6 Å². The van der Waals surface area contributed by atoms with E-state index < -0.39 is 0 Å². The quantitative estimate of drug-likeness (QED) is 0.880. The Balaban J connectivity index is 2.11. The van der Waals surface area contributed by atoms with E-state index in [1.165, 1.54) is 6.92 Å².